The number of nitrogens with one attached hydrogen (secondary N) is 1. The van der Waals surface area contributed by atoms with Gasteiger partial charge in [-0.15, -0.1) is 0 Å². The van der Waals surface area contributed by atoms with Crippen LogP contribution < -0.4 is 10.9 Å². The number of esters is 1. The quantitative estimate of drug-likeness (QED) is 0.832. The van der Waals surface area contributed by atoms with E-state index in [0.29, 0.717) is 0 Å². The molecule has 1 N–H and O–H groups in total. The van der Waals surface area contributed by atoms with Gasteiger partial charge in [-0.3, -0.25) is 9.59 Å². The van der Waals surface area contributed by atoms with Crippen molar-refractivity contribution in [2.75, 3.05) is 12.4 Å². The lowest BCUT2D eigenvalue weighted by molar-refractivity contribution is -0.119. The summed E-state index contributed by atoms with van der Waals surface area (Å²) in [6.07, 6.45) is 3.98. The first-order valence-corrected chi connectivity index (χ1v) is 8.28. The molecule has 0 fully saturated rings. The molecule has 2 aromatic rings. The number of amides is 1. The van der Waals surface area contributed by atoms with Crippen molar-refractivity contribution in [2.24, 2.45) is 0 Å². The minimum atomic E-state index is -0.783. The fourth-order valence-electron chi connectivity index (χ4n) is 2.54. The van der Waals surface area contributed by atoms with Crippen LogP contribution in [0.4, 0.5) is 5.13 Å². The van der Waals surface area contributed by atoms with Gasteiger partial charge in [0.25, 0.3) is 11.5 Å². The number of hydrogen-bond donors (Lipinski definition) is 1. The van der Waals surface area contributed by atoms with Crippen molar-refractivity contribution in [2.45, 2.75) is 32.2 Å². The van der Waals surface area contributed by atoms with Gasteiger partial charge in [0.05, 0.1) is 19.0 Å². The Morgan fingerprint density at radius 1 is 1.42 bits per heavy atom. The first-order valence-electron chi connectivity index (χ1n) is 7.46. The van der Waals surface area contributed by atoms with Gasteiger partial charge < -0.3 is 10.1 Å². The van der Waals surface area contributed by atoms with Gasteiger partial charge in [0.2, 0.25) is 0 Å². The zero-order valence-electron chi connectivity index (χ0n) is 13.2. The number of anilines is 1. The molecule has 1 atom stereocenters. The van der Waals surface area contributed by atoms with Gasteiger partial charge >= 0.3 is 5.97 Å². The molecule has 9 heteroatoms. The summed E-state index contributed by atoms with van der Waals surface area (Å²) >= 11 is 1.01. The number of methoxy groups -OCH3 is 1. The van der Waals surface area contributed by atoms with Crippen LogP contribution in [0.15, 0.2) is 17.1 Å². The van der Waals surface area contributed by atoms with Crippen molar-refractivity contribution < 1.29 is 14.3 Å². The minimum absolute atomic E-state index is 0.265. The Bertz CT molecular complexity index is 857. The van der Waals surface area contributed by atoms with E-state index in [9.17, 15) is 14.4 Å². The van der Waals surface area contributed by atoms with E-state index in [1.54, 1.807) is 13.0 Å². The molecule has 1 aliphatic carbocycles. The second-order valence-corrected chi connectivity index (χ2v) is 6.47. The lowest BCUT2D eigenvalue weighted by Crippen LogP contribution is -2.33. The van der Waals surface area contributed by atoms with Gasteiger partial charge in [0.15, 0.2) is 5.13 Å². The normalized spacial score (nSPS) is 14.1. The molecule has 0 aromatic carbocycles. The molecule has 0 radical (unpaired) electrons. The van der Waals surface area contributed by atoms with Gasteiger partial charge in [-0.25, -0.2) is 14.5 Å². The monoisotopic (exact) mass is 348 g/mol. The van der Waals surface area contributed by atoms with Crippen LogP contribution in [0.25, 0.3) is 0 Å². The summed E-state index contributed by atoms with van der Waals surface area (Å²) in [7, 11) is 1.27. The van der Waals surface area contributed by atoms with Gasteiger partial charge in [0.1, 0.15) is 10.9 Å². The van der Waals surface area contributed by atoms with E-state index in [0.717, 1.165) is 41.9 Å². The summed E-state index contributed by atoms with van der Waals surface area (Å²) in [6.45, 7) is 1.60. The molecule has 1 aliphatic rings. The van der Waals surface area contributed by atoms with Gasteiger partial charge in [-0.1, -0.05) is 11.3 Å². The van der Waals surface area contributed by atoms with Crippen molar-refractivity contribution in [3.63, 3.8) is 0 Å². The van der Waals surface area contributed by atoms with Gasteiger partial charge in [-0.05, 0) is 31.7 Å². The number of ether oxygens (including phenoxy) is 1. The predicted molar refractivity (Wildman–Crippen MR) is 87.3 cm³/mol. The third-order valence-corrected chi connectivity index (χ3v) is 4.74. The molecule has 24 heavy (non-hydrogen) atoms. The summed E-state index contributed by atoms with van der Waals surface area (Å²) in [4.78, 5) is 40.2. The minimum Gasteiger partial charge on any atom is -0.465 e. The largest absolute Gasteiger partial charge is 0.465 e. The molecule has 0 spiro atoms. The molecule has 3 rings (SSSR count). The standard InChI is InChI=1S/C15H16N4O4S/c1-8(19-12(20)6-9-4-3-5-10(9)18-19)13(21)17-15-16-7-11(24-15)14(22)23-2/h6-8H,3-5H2,1-2H3,(H,16,17,21). The third kappa shape index (κ3) is 3.07. The molecule has 2 heterocycles. The SMILES string of the molecule is COC(=O)c1cnc(NC(=O)C(C)n2nc3c(cc2=O)CCC3)s1. The number of hydrogen-bond acceptors (Lipinski definition) is 7. The Morgan fingerprint density at radius 2 is 2.21 bits per heavy atom. The number of aromatic nitrogens is 3. The molecule has 0 bridgehead atoms. The first kappa shape index (κ1) is 16.3. The summed E-state index contributed by atoms with van der Waals surface area (Å²) in [6, 6.07) is 0.770. The maximum absolute atomic E-state index is 12.4. The van der Waals surface area contributed by atoms with Gasteiger partial charge in [0, 0.05) is 6.07 Å². The highest BCUT2D eigenvalue weighted by Gasteiger charge is 2.22. The lowest BCUT2D eigenvalue weighted by atomic mass is 10.2. The number of carbonyl (C=O) groups is 2. The summed E-state index contributed by atoms with van der Waals surface area (Å²) in [5.41, 5.74) is 1.54. The zero-order valence-corrected chi connectivity index (χ0v) is 14.1. The molecule has 2 aromatic heterocycles. The average Bonchev–Trinajstić information content (AvgIpc) is 3.21. The van der Waals surface area contributed by atoms with Crippen LogP contribution >= 0.6 is 11.3 Å². The number of aryl methyl sites for hydroxylation is 2. The number of thiazole rings is 1. The fourth-order valence-corrected chi connectivity index (χ4v) is 3.28. The number of fused-ring (bicyclic) bond motifs is 1. The highest BCUT2D eigenvalue weighted by Crippen LogP contribution is 2.21. The Labute approximate surface area is 141 Å². The molecule has 0 aliphatic heterocycles. The molecule has 1 unspecified atom stereocenters. The van der Waals surface area contributed by atoms with Crippen LogP contribution in [0.1, 0.15) is 40.3 Å². The van der Waals surface area contributed by atoms with Crippen LogP contribution in [0.5, 0.6) is 0 Å². The van der Waals surface area contributed by atoms with E-state index in [2.05, 4.69) is 20.1 Å². The van der Waals surface area contributed by atoms with Crippen molar-refractivity contribution in [3.8, 4) is 0 Å². The topological polar surface area (TPSA) is 103 Å². The van der Waals surface area contributed by atoms with E-state index >= 15 is 0 Å². The maximum Gasteiger partial charge on any atom is 0.349 e. The smallest absolute Gasteiger partial charge is 0.349 e. The van der Waals surface area contributed by atoms with E-state index in [1.807, 2.05) is 0 Å². The van der Waals surface area contributed by atoms with Gasteiger partial charge in [-0.2, -0.15) is 5.10 Å². The van der Waals surface area contributed by atoms with E-state index in [1.165, 1.54) is 18.0 Å². The highest BCUT2D eigenvalue weighted by molar-refractivity contribution is 7.17. The summed E-state index contributed by atoms with van der Waals surface area (Å²) < 4.78 is 5.78. The number of carbonyl (C=O) groups excluding carboxylic acids is 2. The fraction of sp³-hybridized carbons (Fsp3) is 0.400. The average molecular weight is 348 g/mol. The number of rotatable bonds is 4. The van der Waals surface area contributed by atoms with Crippen molar-refractivity contribution in [1.29, 1.82) is 0 Å². The lowest BCUT2D eigenvalue weighted by Gasteiger charge is -2.14. The summed E-state index contributed by atoms with van der Waals surface area (Å²) in [5, 5.41) is 7.18. The van der Waals surface area contributed by atoms with Crippen LogP contribution in [0, 0.1) is 0 Å². The second kappa shape index (κ2) is 6.52. The molecular formula is C15H16N4O4S. The van der Waals surface area contributed by atoms with Crippen LogP contribution in [0.2, 0.25) is 0 Å². The van der Waals surface area contributed by atoms with Crippen molar-refractivity contribution in [1.82, 2.24) is 14.8 Å². The number of nitrogens with zero attached hydrogens (tertiary/aromatic N) is 3. The molecular weight excluding hydrogens is 332 g/mol. The molecule has 0 saturated carbocycles. The third-order valence-electron chi connectivity index (χ3n) is 3.85. The Kier molecular flexibility index (Phi) is 4.43. The predicted octanol–water partition coefficient (Wildman–Crippen LogP) is 1.17. The van der Waals surface area contributed by atoms with Crippen LogP contribution in [0.3, 0.4) is 0 Å². The summed E-state index contributed by atoms with van der Waals surface area (Å²) in [5.74, 6) is -0.939. The maximum atomic E-state index is 12.4. The van der Waals surface area contributed by atoms with Crippen LogP contribution in [-0.4, -0.2) is 33.8 Å². The Morgan fingerprint density at radius 3 is 2.96 bits per heavy atom. The van der Waals surface area contributed by atoms with E-state index < -0.39 is 17.9 Å². The van der Waals surface area contributed by atoms with E-state index in [-0.39, 0.29) is 15.6 Å². The highest BCUT2D eigenvalue weighted by atomic mass is 32.1. The molecule has 1 amide bonds. The molecule has 8 nitrogen and oxygen atoms in total. The Hall–Kier alpha value is -2.55. The first-order chi connectivity index (χ1) is 11.5. The van der Waals surface area contributed by atoms with Crippen LogP contribution in [-0.2, 0) is 22.4 Å². The molecule has 126 valence electrons. The second-order valence-electron chi connectivity index (χ2n) is 5.44. The Balaban J connectivity index is 1.77. The van der Waals surface area contributed by atoms with E-state index in [4.69, 9.17) is 0 Å². The zero-order chi connectivity index (χ0) is 17.3. The van der Waals surface area contributed by atoms with Crippen molar-refractivity contribution >= 4 is 28.3 Å². The molecule has 0 saturated heterocycles. The van der Waals surface area contributed by atoms with Crippen molar-refractivity contribution in [3.05, 3.63) is 38.8 Å².